The van der Waals surface area contributed by atoms with E-state index in [0.29, 0.717) is 16.6 Å². The van der Waals surface area contributed by atoms with Crippen molar-refractivity contribution in [1.82, 2.24) is 4.90 Å². The van der Waals surface area contributed by atoms with Crippen molar-refractivity contribution in [2.24, 2.45) is 0 Å². The van der Waals surface area contributed by atoms with E-state index in [1.807, 2.05) is 23.9 Å². The minimum Gasteiger partial charge on any atom is -0.483 e. The number of nitrogens with zero attached hydrogens (tertiary/aromatic N) is 1. The lowest BCUT2D eigenvalue weighted by Gasteiger charge is -2.14. The Kier molecular flexibility index (Phi) is 6.98. The van der Waals surface area contributed by atoms with Crippen LogP contribution in [0.25, 0.3) is 0 Å². The summed E-state index contributed by atoms with van der Waals surface area (Å²) >= 11 is 1.92. The highest BCUT2D eigenvalue weighted by Crippen LogP contribution is 2.35. The molecule has 0 unspecified atom stereocenters. The van der Waals surface area contributed by atoms with Gasteiger partial charge in [0.05, 0.1) is 5.56 Å². The Morgan fingerprint density at radius 3 is 2.43 bits per heavy atom. The smallest absolute Gasteiger partial charge is 0.259 e. The summed E-state index contributed by atoms with van der Waals surface area (Å²) in [4.78, 5) is 27.1. The van der Waals surface area contributed by atoms with Crippen molar-refractivity contribution in [3.05, 3.63) is 54.1 Å². The molecule has 0 radical (unpaired) electrons. The van der Waals surface area contributed by atoms with Crippen LogP contribution in [0.4, 0.5) is 5.69 Å². The number of anilines is 1. The number of para-hydroxylation sites is 1. The fourth-order valence-corrected chi connectivity index (χ4v) is 4.31. The van der Waals surface area contributed by atoms with Gasteiger partial charge < -0.3 is 15.0 Å². The van der Waals surface area contributed by atoms with Crippen LogP contribution in [-0.2, 0) is 4.79 Å². The predicted octanol–water partition coefficient (Wildman–Crippen LogP) is 4.44. The minimum atomic E-state index is -0.260. The molecule has 0 atom stereocenters. The molecule has 2 aromatic rings. The second kappa shape index (κ2) is 9.64. The average molecular weight is 399 g/mol. The lowest BCUT2D eigenvalue weighted by atomic mass is 10.2. The van der Waals surface area contributed by atoms with Crippen LogP contribution in [-0.4, -0.2) is 42.7 Å². The minimum absolute atomic E-state index is 0.107. The third-order valence-corrected chi connectivity index (χ3v) is 6.05. The van der Waals surface area contributed by atoms with E-state index in [2.05, 4.69) is 17.4 Å². The number of thioether (sulfide) groups is 1. The van der Waals surface area contributed by atoms with Crippen molar-refractivity contribution >= 4 is 29.3 Å². The monoisotopic (exact) mass is 398 g/mol. The summed E-state index contributed by atoms with van der Waals surface area (Å²) in [5.41, 5.74) is 1.14. The highest BCUT2D eigenvalue weighted by molar-refractivity contribution is 8.00. The Balaban J connectivity index is 1.62. The van der Waals surface area contributed by atoms with E-state index >= 15 is 0 Å². The van der Waals surface area contributed by atoms with Crippen LogP contribution in [0.5, 0.6) is 5.75 Å². The van der Waals surface area contributed by atoms with E-state index in [1.54, 1.807) is 38.4 Å². The van der Waals surface area contributed by atoms with Gasteiger partial charge in [-0.05, 0) is 49.2 Å². The maximum Gasteiger partial charge on any atom is 0.259 e. The zero-order valence-corrected chi connectivity index (χ0v) is 17.1. The van der Waals surface area contributed by atoms with Crippen LogP contribution in [0.3, 0.4) is 0 Å². The van der Waals surface area contributed by atoms with E-state index in [9.17, 15) is 9.59 Å². The molecule has 1 N–H and O–H groups in total. The van der Waals surface area contributed by atoms with Crippen molar-refractivity contribution in [2.45, 2.75) is 35.8 Å². The molecular formula is C22H26N2O3S. The lowest BCUT2D eigenvalue weighted by molar-refractivity contribution is -0.130. The maximum absolute atomic E-state index is 12.7. The molecule has 28 heavy (non-hydrogen) atoms. The van der Waals surface area contributed by atoms with Gasteiger partial charge >= 0.3 is 0 Å². The molecule has 3 rings (SSSR count). The number of rotatable bonds is 7. The number of ether oxygens (including phenoxy) is 1. The number of nitrogens with one attached hydrogen (secondary N) is 1. The van der Waals surface area contributed by atoms with Gasteiger partial charge in [0, 0.05) is 29.9 Å². The summed E-state index contributed by atoms with van der Waals surface area (Å²) in [7, 11) is 3.33. The summed E-state index contributed by atoms with van der Waals surface area (Å²) < 4.78 is 5.56. The van der Waals surface area contributed by atoms with Gasteiger partial charge in [-0.2, -0.15) is 0 Å². The molecule has 0 aliphatic heterocycles. The maximum atomic E-state index is 12.7. The summed E-state index contributed by atoms with van der Waals surface area (Å²) in [6.45, 7) is -0.107. The highest BCUT2D eigenvalue weighted by Gasteiger charge is 2.17. The van der Waals surface area contributed by atoms with Crippen LogP contribution in [0.2, 0.25) is 0 Å². The molecule has 2 amide bonds. The Labute approximate surface area is 170 Å². The Morgan fingerprint density at radius 1 is 1.07 bits per heavy atom. The summed E-state index contributed by atoms with van der Waals surface area (Å²) in [5, 5.41) is 3.62. The molecule has 0 heterocycles. The average Bonchev–Trinajstić information content (AvgIpc) is 3.20. The molecule has 2 aromatic carbocycles. The number of likely N-dealkylation sites (N-methyl/N-ethyl adjacent to an activating group) is 1. The molecule has 5 nitrogen and oxygen atoms in total. The lowest BCUT2D eigenvalue weighted by Crippen LogP contribution is -2.28. The predicted molar refractivity (Wildman–Crippen MR) is 113 cm³/mol. The zero-order valence-electron chi connectivity index (χ0n) is 16.3. The van der Waals surface area contributed by atoms with Gasteiger partial charge in [0.25, 0.3) is 11.8 Å². The summed E-state index contributed by atoms with van der Waals surface area (Å²) in [6.07, 6.45) is 5.23. The van der Waals surface area contributed by atoms with Gasteiger partial charge in [0.2, 0.25) is 0 Å². The molecule has 1 saturated carbocycles. The third-order valence-electron chi connectivity index (χ3n) is 4.70. The first-order valence-electron chi connectivity index (χ1n) is 9.53. The van der Waals surface area contributed by atoms with Gasteiger partial charge in [0.15, 0.2) is 6.61 Å². The van der Waals surface area contributed by atoms with Gasteiger partial charge in [-0.1, -0.05) is 25.0 Å². The van der Waals surface area contributed by atoms with Crippen molar-refractivity contribution in [3.63, 3.8) is 0 Å². The molecule has 0 aromatic heterocycles. The second-order valence-electron chi connectivity index (χ2n) is 7.08. The molecule has 1 fully saturated rings. The summed E-state index contributed by atoms with van der Waals surface area (Å²) in [6, 6.07) is 14.9. The van der Waals surface area contributed by atoms with E-state index < -0.39 is 0 Å². The molecule has 0 spiro atoms. The Hall–Kier alpha value is -2.47. The fraction of sp³-hybridized carbons (Fsp3) is 0.364. The highest BCUT2D eigenvalue weighted by atomic mass is 32.2. The van der Waals surface area contributed by atoms with Gasteiger partial charge in [-0.3, -0.25) is 9.59 Å². The van der Waals surface area contributed by atoms with E-state index in [0.717, 1.165) is 5.69 Å². The van der Waals surface area contributed by atoms with Crippen molar-refractivity contribution < 1.29 is 14.3 Å². The van der Waals surface area contributed by atoms with Crippen molar-refractivity contribution in [1.29, 1.82) is 0 Å². The molecule has 0 saturated heterocycles. The van der Waals surface area contributed by atoms with Crippen molar-refractivity contribution in [3.8, 4) is 5.75 Å². The quantitative estimate of drug-likeness (QED) is 0.749. The van der Waals surface area contributed by atoms with Gasteiger partial charge in [-0.15, -0.1) is 11.8 Å². The van der Waals surface area contributed by atoms with Gasteiger partial charge in [0.1, 0.15) is 5.75 Å². The number of amides is 2. The number of carbonyl (C=O) groups is 2. The first-order valence-corrected chi connectivity index (χ1v) is 10.4. The van der Waals surface area contributed by atoms with Crippen LogP contribution < -0.4 is 10.1 Å². The Morgan fingerprint density at radius 2 is 1.75 bits per heavy atom. The molecular weight excluding hydrogens is 372 g/mol. The third kappa shape index (κ3) is 5.52. The van der Waals surface area contributed by atoms with Crippen molar-refractivity contribution in [2.75, 3.05) is 26.0 Å². The number of hydrogen-bond donors (Lipinski definition) is 1. The second-order valence-corrected chi connectivity index (χ2v) is 8.45. The summed E-state index contributed by atoms with van der Waals surface area (Å²) in [5.74, 6) is -0.0294. The SMILES string of the molecule is CN(C)C(=O)COc1ccccc1C(=O)Nc1ccc(SC2CCCC2)cc1. The molecule has 0 bridgehead atoms. The molecule has 1 aliphatic rings. The molecule has 148 valence electrons. The normalized spacial score (nSPS) is 13.9. The standard InChI is InChI=1S/C22H26N2O3S/c1-24(2)21(25)15-27-20-10-6-5-9-19(20)22(26)23-16-11-13-18(14-12-16)28-17-7-3-4-8-17/h5-6,9-14,17H,3-4,7-8,15H2,1-2H3,(H,23,26). The number of benzene rings is 2. The van der Waals surface area contributed by atoms with Crippen LogP contribution in [0.15, 0.2) is 53.4 Å². The number of carbonyl (C=O) groups excluding carboxylic acids is 2. The van der Waals surface area contributed by atoms with E-state index in [-0.39, 0.29) is 18.4 Å². The molecule has 6 heteroatoms. The van der Waals surface area contributed by atoms with Crippen LogP contribution in [0.1, 0.15) is 36.0 Å². The topological polar surface area (TPSA) is 58.6 Å². The Bertz CT molecular complexity index is 815. The van der Waals surface area contributed by atoms with Crippen LogP contribution in [0, 0.1) is 0 Å². The first-order chi connectivity index (χ1) is 13.5. The first kappa shape index (κ1) is 20.3. The van der Waals surface area contributed by atoms with E-state index in [4.69, 9.17) is 4.74 Å². The molecule has 1 aliphatic carbocycles. The van der Waals surface area contributed by atoms with E-state index in [1.165, 1.54) is 35.5 Å². The fourth-order valence-electron chi connectivity index (χ4n) is 3.06. The zero-order chi connectivity index (χ0) is 19.9. The largest absolute Gasteiger partial charge is 0.483 e. The van der Waals surface area contributed by atoms with Crippen LogP contribution >= 0.6 is 11.8 Å². The number of hydrogen-bond acceptors (Lipinski definition) is 4. The van der Waals surface area contributed by atoms with Gasteiger partial charge in [-0.25, -0.2) is 0 Å².